The Morgan fingerprint density at radius 2 is 1.00 bits per heavy atom. The Labute approximate surface area is 315 Å². The van der Waals surface area contributed by atoms with Crippen LogP contribution in [0, 0.1) is 0 Å². The second-order valence-corrected chi connectivity index (χ2v) is 16.8. The first-order valence-electron chi connectivity index (χ1n) is 19.7. The fourth-order valence-corrected chi connectivity index (χ4v) is 10.2. The maximum absolute atomic E-state index is 2.56. The predicted octanol–water partition coefficient (Wildman–Crippen LogP) is 14.6. The summed E-state index contributed by atoms with van der Waals surface area (Å²) in [6.45, 7) is 9.54. The lowest BCUT2D eigenvalue weighted by atomic mass is 9.81. The van der Waals surface area contributed by atoms with Gasteiger partial charge in [0.15, 0.2) is 0 Å². The van der Waals surface area contributed by atoms with Crippen LogP contribution in [0.4, 0.5) is 17.1 Å². The smallest absolute Gasteiger partial charge is 0.0618 e. The molecule has 10 rings (SSSR count). The summed E-state index contributed by atoms with van der Waals surface area (Å²) in [5.74, 6) is 0.664. The molecule has 260 valence electrons. The molecule has 0 saturated heterocycles. The van der Waals surface area contributed by atoms with Crippen molar-refractivity contribution in [2.45, 2.75) is 76.5 Å². The van der Waals surface area contributed by atoms with E-state index in [-0.39, 0.29) is 10.8 Å². The lowest BCUT2D eigenvalue weighted by molar-refractivity contribution is 0.443. The molecular formula is C52H47N. The second-order valence-electron chi connectivity index (χ2n) is 16.8. The van der Waals surface area contributed by atoms with Crippen molar-refractivity contribution in [2.75, 3.05) is 4.90 Å². The molecule has 0 aliphatic heterocycles. The van der Waals surface area contributed by atoms with E-state index in [9.17, 15) is 0 Å². The van der Waals surface area contributed by atoms with Crippen LogP contribution in [0.25, 0.3) is 44.2 Å². The van der Waals surface area contributed by atoms with Gasteiger partial charge in [-0.3, -0.25) is 0 Å². The molecule has 0 spiro atoms. The van der Waals surface area contributed by atoms with E-state index >= 15 is 0 Å². The zero-order valence-electron chi connectivity index (χ0n) is 31.4. The zero-order valence-corrected chi connectivity index (χ0v) is 31.4. The van der Waals surface area contributed by atoms with Gasteiger partial charge in [-0.05, 0) is 110 Å². The van der Waals surface area contributed by atoms with Crippen LogP contribution in [0.3, 0.4) is 0 Å². The molecule has 0 N–H and O–H groups in total. The van der Waals surface area contributed by atoms with Crippen molar-refractivity contribution < 1.29 is 0 Å². The van der Waals surface area contributed by atoms with Crippen molar-refractivity contribution in [3.05, 3.63) is 173 Å². The maximum atomic E-state index is 2.56. The third-order valence-electron chi connectivity index (χ3n) is 13.1. The highest BCUT2D eigenvalue weighted by atomic mass is 15.1. The molecule has 0 unspecified atom stereocenters. The molecule has 53 heavy (non-hydrogen) atoms. The Kier molecular flexibility index (Phi) is 7.35. The molecular weight excluding hydrogens is 639 g/mol. The van der Waals surface area contributed by atoms with Gasteiger partial charge < -0.3 is 4.90 Å². The van der Waals surface area contributed by atoms with Gasteiger partial charge in [0, 0.05) is 33.2 Å². The minimum absolute atomic E-state index is 0.0752. The van der Waals surface area contributed by atoms with Crippen LogP contribution in [0.5, 0.6) is 0 Å². The summed E-state index contributed by atoms with van der Waals surface area (Å²) in [4.78, 5) is 2.56. The molecule has 0 heterocycles. The largest absolute Gasteiger partial charge is 0.309 e. The number of rotatable bonds is 5. The summed E-state index contributed by atoms with van der Waals surface area (Å²) in [5.41, 5.74) is 18.5. The highest BCUT2D eigenvalue weighted by Crippen LogP contribution is 2.54. The first-order chi connectivity index (χ1) is 25.8. The Hall–Kier alpha value is -5.40. The Balaban J connectivity index is 1.20. The second kappa shape index (κ2) is 12.1. The number of hydrogen-bond acceptors (Lipinski definition) is 1. The molecule has 3 aliphatic rings. The van der Waals surface area contributed by atoms with Crippen LogP contribution in [0.1, 0.15) is 93.5 Å². The number of fused-ring (bicyclic) bond motifs is 7. The maximum Gasteiger partial charge on any atom is 0.0618 e. The summed E-state index contributed by atoms with van der Waals surface area (Å²) >= 11 is 0. The molecule has 3 aliphatic carbocycles. The first-order valence-corrected chi connectivity index (χ1v) is 19.7. The number of benzene rings is 7. The summed E-state index contributed by atoms with van der Waals surface area (Å²) in [5, 5.41) is 2.50. The van der Waals surface area contributed by atoms with E-state index in [2.05, 4.69) is 178 Å². The van der Waals surface area contributed by atoms with Crippen molar-refractivity contribution in [3.63, 3.8) is 0 Å². The fourth-order valence-electron chi connectivity index (χ4n) is 10.2. The monoisotopic (exact) mass is 685 g/mol. The van der Waals surface area contributed by atoms with Crippen LogP contribution in [-0.4, -0.2) is 0 Å². The summed E-state index contributed by atoms with van der Waals surface area (Å²) in [6, 6.07) is 55.6. The molecule has 0 atom stereocenters. The molecule has 0 bridgehead atoms. The Morgan fingerprint density at radius 1 is 0.453 bits per heavy atom. The van der Waals surface area contributed by atoms with Gasteiger partial charge in [0.1, 0.15) is 0 Å². The van der Waals surface area contributed by atoms with E-state index in [1.807, 2.05) is 0 Å². The third-order valence-corrected chi connectivity index (χ3v) is 13.1. The average molecular weight is 686 g/mol. The van der Waals surface area contributed by atoms with Crippen molar-refractivity contribution in [2.24, 2.45) is 0 Å². The molecule has 1 saturated carbocycles. The van der Waals surface area contributed by atoms with E-state index in [4.69, 9.17) is 0 Å². The van der Waals surface area contributed by atoms with Gasteiger partial charge in [-0.25, -0.2) is 0 Å². The van der Waals surface area contributed by atoms with Gasteiger partial charge in [-0.15, -0.1) is 0 Å². The number of nitrogens with zero attached hydrogens (tertiary/aromatic N) is 1. The highest BCUT2D eigenvalue weighted by molar-refractivity contribution is 6.06. The molecule has 0 radical (unpaired) electrons. The molecule has 1 heteroatoms. The third kappa shape index (κ3) is 4.97. The van der Waals surface area contributed by atoms with Crippen molar-refractivity contribution in [3.8, 4) is 33.4 Å². The average Bonchev–Trinajstić information content (AvgIpc) is 3.57. The number of hydrogen-bond donors (Lipinski definition) is 0. The van der Waals surface area contributed by atoms with Crippen LogP contribution < -0.4 is 4.90 Å². The van der Waals surface area contributed by atoms with E-state index in [0.29, 0.717) is 5.92 Å². The molecule has 7 aromatic carbocycles. The van der Waals surface area contributed by atoms with Gasteiger partial charge >= 0.3 is 0 Å². The van der Waals surface area contributed by atoms with Gasteiger partial charge in [0.05, 0.1) is 5.69 Å². The van der Waals surface area contributed by atoms with Gasteiger partial charge in [-0.1, -0.05) is 162 Å². The van der Waals surface area contributed by atoms with Gasteiger partial charge in [-0.2, -0.15) is 0 Å². The zero-order chi connectivity index (χ0) is 35.9. The van der Waals surface area contributed by atoms with Crippen molar-refractivity contribution in [1.82, 2.24) is 0 Å². The summed E-state index contributed by atoms with van der Waals surface area (Å²) < 4.78 is 0. The molecule has 1 fully saturated rings. The first kappa shape index (κ1) is 32.3. The minimum Gasteiger partial charge on any atom is -0.309 e. The minimum atomic E-state index is -0.0966. The van der Waals surface area contributed by atoms with Crippen LogP contribution >= 0.6 is 0 Å². The summed E-state index contributed by atoms with van der Waals surface area (Å²) in [6.07, 6.45) is 6.66. The van der Waals surface area contributed by atoms with Crippen LogP contribution in [0.15, 0.2) is 146 Å². The van der Waals surface area contributed by atoms with Crippen LogP contribution in [0.2, 0.25) is 0 Å². The number of anilines is 3. The molecule has 0 amide bonds. The van der Waals surface area contributed by atoms with Gasteiger partial charge in [0.2, 0.25) is 0 Å². The van der Waals surface area contributed by atoms with E-state index in [0.717, 1.165) is 0 Å². The summed E-state index contributed by atoms with van der Waals surface area (Å²) in [7, 11) is 0. The normalized spacial score (nSPS) is 16.5. The lowest BCUT2D eigenvalue weighted by Gasteiger charge is -2.31. The van der Waals surface area contributed by atoms with Crippen molar-refractivity contribution in [1.29, 1.82) is 0 Å². The highest BCUT2D eigenvalue weighted by Gasteiger charge is 2.37. The fraction of sp³-hybridized carbons (Fsp3) is 0.231. The van der Waals surface area contributed by atoms with Crippen LogP contribution in [-0.2, 0) is 10.8 Å². The van der Waals surface area contributed by atoms with E-state index < -0.39 is 0 Å². The van der Waals surface area contributed by atoms with E-state index in [1.54, 1.807) is 0 Å². The SMILES string of the molecule is CC1(C)c2ccccc2-c2ccc(-c3ccc4ccccc4c3N(c3ccc(C4CCCCC4)cc3)c3ccc4c(c3)C(C)(C)c3ccccc3-4)cc21. The Morgan fingerprint density at radius 3 is 1.70 bits per heavy atom. The predicted molar refractivity (Wildman–Crippen MR) is 225 cm³/mol. The lowest BCUT2D eigenvalue weighted by Crippen LogP contribution is -2.17. The molecule has 7 aromatic rings. The molecule has 0 aromatic heterocycles. The standard InChI is InChI=1S/C52H47N/c1-51(2)46-20-12-10-18-42(46)44-30-25-37(32-48(44)51)41-29-24-36-16-8-9-17-40(36)50(41)53(38-26-22-35(23-27-38)34-14-6-5-7-15-34)39-28-31-45-43-19-11-13-21-47(43)52(3,4)49(45)33-39/h8-13,16-34H,5-7,14-15H2,1-4H3. The quantitative estimate of drug-likeness (QED) is 0.174. The van der Waals surface area contributed by atoms with Gasteiger partial charge in [0.25, 0.3) is 0 Å². The molecule has 1 nitrogen and oxygen atoms in total. The van der Waals surface area contributed by atoms with E-state index in [1.165, 1.54) is 121 Å². The Bertz CT molecular complexity index is 2540. The topological polar surface area (TPSA) is 3.24 Å². The van der Waals surface area contributed by atoms with Crippen molar-refractivity contribution >= 4 is 27.8 Å².